The molecule has 0 spiro atoms. The number of ether oxygens (including phenoxy) is 1. The van der Waals surface area contributed by atoms with Crippen LogP contribution >= 0.6 is 0 Å². The number of hydrogen-bond acceptors (Lipinski definition) is 13. The zero-order valence-electron chi connectivity index (χ0n) is 32.7. The minimum Gasteiger partial charge on any atom is -0.497 e. The van der Waals surface area contributed by atoms with E-state index in [0.717, 1.165) is 21.6 Å². The summed E-state index contributed by atoms with van der Waals surface area (Å²) in [7, 11) is -7.26. The first-order valence-electron chi connectivity index (χ1n) is 17.7. The maximum absolute atomic E-state index is 13.4. The van der Waals surface area contributed by atoms with Crippen molar-refractivity contribution in [1.82, 2.24) is 28.7 Å². The van der Waals surface area contributed by atoms with Gasteiger partial charge in [0, 0.05) is 63.4 Å². The lowest BCUT2D eigenvalue weighted by molar-refractivity contribution is 0.414. The third-order valence-electron chi connectivity index (χ3n) is 8.27. The molecular formula is C39H40F2N6O10S3. The van der Waals surface area contributed by atoms with Crippen LogP contribution in [0.1, 0.15) is 30.0 Å². The highest BCUT2D eigenvalue weighted by Gasteiger charge is 2.24. The van der Waals surface area contributed by atoms with Crippen LogP contribution in [0.4, 0.5) is 8.78 Å². The summed E-state index contributed by atoms with van der Waals surface area (Å²) in [5.41, 5.74) is -1.13. The van der Waals surface area contributed by atoms with Crippen LogP contribution in [0.2, 0.25) is 0 Å². The Bertz CT molecular complexity index is 2980. The van der Waals surface area contributed by atoms with Crippen molar-refractivity contribution in [2.24, 2.45) is 14.1 Å². The molecule has 0 fully saturated rings. The fraction of sp³-hybridized carbons (Fsp3) is 0.231. The Kier molecular flexibility index (Phi) is 15.6. The maximum Gasteiger partial charge on any atom is 0.288 e. The summed E-state index contributed by atoms with van der Waals surface area (Å²) in [6, 6.07) is 17.4. The van der Waals surface area contributed by atoms with Crippen molar-refractivity contribution in [2.45, 2.75) is 52.2 Å². The predicted octanol–water partition coefficient (Wildman–Crippen LogP) is 3.42. The molecular weight excluding hydrogens is 847 g/mol. The molecule has 6 aromatic rings. The molecule has 0 radical (unpaired) electrons. The number of hydrogen-bond donors (Lipinski definition) is 0. The lowest BCUT2D eigenvalue weighted by Gasteiger charge is -2.07. The van der Waals surface area contributed by atoms with Crippen LogP contribution in [-0.4, -0.2) is 61.0 Å². The van der Waals surface area contributed by atoms with Gasteiger partial charge >= 0.3 is 0 Å². The number of nitrogens with zero attached hydrogens (tertiary/aromatic N) is 6. The first kappa shape index (κ1) is 46.5. The van der Waals surface area contributed by atoms with E-state index in [1.54, 1.807) is 24.3 Å². The molecule has 3 heterocycles. The first-order valence-corrected chi connectivity index (χ1v) is 22.6. The molecule has 0 unspecified atom stereocenters. The van der Waals surface area contributed by atoms with Crippen molar-refractivity contribution in [3.63, 3.8) is 0 Å². The van der Waals surface area contributed by atoms with Gasteiger partial charge in [0.2, 0.25) is 44.6 Å². The molecule has 21 heteroatoms. The summed E-state index contributed by atoms with van der Waals surface area (Å²) in [6.07, 6.45) is 8.75. The number of aryl methyl sites for hydroxylation is 3. The lowest BCUT2D eigenvalue weighted by atomic mass is 10.2. The smallest absolute Gasteiger partial charge is 0.288 e. The molecule has 318 valence electrons. The minimum absolute atomic E-state index is 0.00945. The second-order valence-electron chi connectivity index (χ2n) is 12.9. The Morgan fingerprint density at radius 2 is 1.10 bits per heavy atom. The van der Waals surface area contributed by atoms with Crippen LogP contribution in [0.15, 0.2) is 139 Å². The number of rotatable bonds is 12. The SMILES string of the molecule is CCCn1ccnc(S(=O)(=O)Cc2ccc(OC)cc2)c1=O.Cn1ccnc(S(=O)(=O)Cc2cccc(F)c2)c1=O.Cn1ccnc(S(=O)(=O)Cc2ccccc2F)c1=O. The van der Waals surface area contributed by atoms with Crippen molar-refractivity contribution in [3.05, 3.63) is 169 Å². The van der Waals surface area contributed by atoms with Crippen LogP contribution in [-0.2, 0) is 67.4 Å². The fourth-order valence-electron chi connectivity index (χ4n) is 5.25. The first-order chi connectivity index (χ1) is 28.3. The van der Waals surface area contributed by atoms with E-state index >= 15 is 0 Å². The summed E-state index contributed by atoms with van der Waals surface area (Å²) in [5.74, 6) is -1.83. The van der Waals surface area contributed by atoms with E-state index in [1.807, 2.05) is 6.92 Å². The summed E-state index contributed by atoms with van der Waals surface area (Å²) in [5, 5.41) is -1.50. The van der Waals surface area contributed by atoms with E-state index in [9.17, 15) is 48.4 Å². The molecule has 0 aliphatic rings. The van der Waals surface area contributed by atoms with Gasteiger partial charge in [-0.25, -0.2) is 49.0 Å². The zero-order valence-corrected chi connectivity index (χ0v) is 35.1. The van der Waals surface area contributed by atoms with Gasteiger partial charge in [-0.2, -0.15) is 0 Å². The second kappa shape index (κ2) is 20.2. The summed E-state index contributed by atoms with van der Waals surface area (Å²) in [4.78, 5) is 46.6. The number of sulfone groups is 3. The predicted molar refractivity (Wildman–Crippen MR) is 216 cm³/mol. The van der Waals surface area contributed by atoms with Crippen LogP contribution < -0.4 is 21.4 Å². The van der Waals surface area contributed by atoms with E-state index in [4.69, 9.17) is 4.74 Å². The quantitative estimate of drug-likeness (QED) is 0.172. The van der Waals surface area contributed by atoms with E-state index in [1.165, 1.54) is 105 Å². The van der Waals surface area contributed by atoms with Crippen molar-refractivity contribution in [3.8, 4) is 5.75 Å². The van der Waals surface area contributed by atoms with Crippen molar-refractivity contribution in [1.29, 1.82) is 0 Å². The third-order valence-corrected chi connectivity index (χ3v) is 13.0. The molecule has 60 heavy (non-hydrogen) atoms. The van der Waals surface area contributed by atoms with Gasteiger partial charge < -0.3 is 18.4 Å². The van der Waals surface area contributed by atoms with Gasteiger partial charge in [0.05, 0.1) is 24.4 Å². The maximum atomic E-state index is 13.4. The molecule has 16 nitrogen and oxygen atoms in total. The number of methoxy groups -OCH3 is 1. The van der Waals surface area contributed by atoms with Gasteiger partial charge in [-0.3, -0.25) is 14.4 Å². The molecule has 0 saturated heterocycles. The van der Waals surface area contributed by atoms with Gasteiger partial charge in [0.15, 0.2) is 0 Å². The molecule has 0 saturated carbocycles. The number of benzene rings is 3. The van der Waals surface area contributed by atoms with E-state index in [0.29, 0.717) is 17.9 Å². The summed E-state index contributed by atoms with van der Waals surface area (Å²) in [6.45, 7) is 2.38. The lowest BCUT2D eigenvalue weighted by Crippen LogP contribution is -2.27. The van der Waals surface area contributed by atoms with E-state index in [-0.39, 0.29) is 16.9 Å². The Labute approximate surface area is 344 Å². The van der Waals surface area contributed by atoms with E-state index in [2.05, 4.69) is 15.0 Å². The Morgan fingerprint density at radius 1 is 0.600 bits per heavy atom. The van der Waals surface area contributed by atoms with Gasteiger partial charge in [0.1, 0.15) is 17.4 Å². The summed E-state index contributed by atoms with van der Waals surface area (Å²) >= 11 is 0. The van der Waals surface area contributed by atoms with Crippen molar-refractivity contribution < 1.29 is 38.8 Å². The highest BCUT2D eigenvalue weighted by atomic mass is 32.2. The second-order valence-corrected chi connectivity index (χ2v) is 18.6. The molecule has 0 aliphatic carbocycles. The number of halogens is 2. The molecule has 0 N–H and O–H groups in total. The molecule has 0 bridgehead atoms. The molecule has 0 amide bonds. The standard InChI is InChI=1S/C15H18N2O4S.2C12H11FN2O3S/c1-3-9-17-10-8-16-14(15(17)18)22(19,20)11-12-4-6-13(21-2)7-5-12;1-15-6-5-14-11(12(15)16)19(17,18)8-9-3-2-4-10(13)7-9;1-15-7-6-14-11(12(15)16)19(17,18)8-9-4-2-3-5-10(9)13/h4-8,10H,3,9,11H2,1-2H3;2*2-7H,8H2,1H3. The average molecular weight is 887 g/mol. The van der Waals surface area contributed by atoms with Gasteiger partial charge in [-0.15, -0.1) is 0 Å². The number of aromatic nitrogens is 6. The topological polar surface area (TPSA) is 216 Å². The minimum atomic E-state index is -3.97. The molecule has 6 rings (SSSR count). The Hall–Kier alpha value is -6.19. The largest absolute Gasteiger partial charge is 0.497 e. The van der Waals surface area contributed by atoms with Crippen LogP contribution in [0.5, 0.6) is 5.75 Å². The van der Waals surface area contributed by atoms with Crippen LogP contribution in [0.3, 0.4) is 0 Å². The highest BCUT2D eigenvalue weighted by molar-refractivity contribution is 7.91. The average Bonchev–Trinajstić information content (AvgIpc) is 3.19. The fourth-order valence-corrected chi connectivity index (χ4v) is 9.42. The van der Waals surface area contributed by atoms with Crippen LogP contribution in [0.25, 0.3) is 0 Å². The van der Waals surface area contributed by atoms with Crippen molar-refractivity contribution in [2.75, 3.05) is 7.11 Å². The Balaban J connectivity index is 0.000000199. The molecule has 3 aromatic carbocycles. The van der Waals surface area contributed by atoms with Gasteiger partial charge in [-0.1, -0.05) is 49.4 Å². The summed E-state index contributed by atoms with van der Waals surface area (Å²) < 4.78 is 108. The van der Waals surface area contributed by atoms with Crippen molar-refractivity contribution >= 4 is 29.5 Å². The van der Waals surface area contributed by atoms with Crippen LogP contribution in [0, 0.1) is 11.6 Å². The molecule has 0 atom stereocenters. The van der Waals surface area contributed by atoms with E-state index < -0.39 is 84.4 Å². The van der Waals surface area contributed by atoms with Gasteiger partial charge in [-0.05, 0) is 47.9 Å². The monoisotopic (exact) mass is 886 g/mol. The molecule has 3 aromatic heterocycles. The highest BCUT2D eigenvalue weighted by Crippen LogP contribution is 2.17. The zero-order chi connectivity index (χ0) is 44.3. The molecule has 0 aliphatic heterocycles. The Morgan fingerprint density at radius 3 is 1.62 bits per heavy atom. The normalized spacial score (nSPS) is 11.4. The third kappa shape index (κ3) is 12.2. The van der Waals surface area contributed by atoms with Gasteiger partial charge in [0.25, 0.3) is 16.7 Å².